The Morgan fingerprint density at radius 1 is 0.657 bits per heavy atom. The highest BCUT2D eigenvalue weighted by Gasteiger charge is 2.11. The van der Waals surface area contributed by atoms with Crippen LogP contribution in [0.4, 0.5) is 0 Å². The summed E-state index contributed by atoms with van der Waals surface area (Å²) >= 11 is 0. The van der Waals surface area contributed by atoms with E-state index in [9.17, 15) is 9.59 Å². The molecule has 0 saturated heterocycles. The van der Waals surface area contributed by atoms with Crippen molar-refractivity contribution >= 4 is 11.8 Å². The number of esters is 1. The first-order chi connectivity index (χ1) is 17.1. The predicted octanol–water partition coefficient (Wildman–Crippen LogP) is 5.81. The molecule has 0 unspecified atom stereocenters. The number of rotatable bonds is 7. The van der Waals surface area contributed by atoms with E-state index >= 15 is 0 Å². The van der Waals surface area contributed by atoms with Gasteiger partial charge in [0.05, 0.1) is 16.7 Å². The van der Waals surface area contributed by atoms with Crippen LogP contribution in [0.25, 0.3) is 0 Å². The fourth-order valence-electron chi connectivity index (χ4n) is 3.31. The van der Waals surface area contributed by atoms with Gasteiger partial charge in [0.1, 0.15) is 30.2 Å². The fraction of sp³-hybridized carbons (Fsp3) is 0.0345. The number of hydrogen-bond acceptors (Lipinski definition) is 6. The summed E-state index contributed by atoms with van der Waals surface area (Å²) in [7, 11) is 0. The van der Waals surface area contributed by atoms with Gasteiger partial charge in [-0.05, 0) is 48.0 Å². The van der Waals surface area contributed by atoms with Crippen molar-refractivity contribution in [3.05, 3.63) is 130 Å². The van der Waals surface area contributed by atoms with Gasteiger partial charge in [0.2, 0.25) is 0 Å². The van der Waals surface area contributed by atoms with Gasteiger partial charge in [-0.1, -0.05) is 54.6 Å². The molecule has 0 aromatic heterocycles. The van der Waals surface area contributed by atoms with Gasteiger partial charge >= 0.3 is 5.97 Å². The van der Waals surface area contributed by atoms with E-state index in [1.54, 1.807) is 66.7 Å². The summed E-state index contributed by atoms with van der Waals surface area (Å²) in [5.41, 5.74) is 2.79. The molecule has 0 radical (unpaired) electrons. The Hall–Kier alpha value is -5.20. The average molecular weight is 458 g/mol. The molecule has 0 N–H and O–H groups in total. The molecule has 6 nitrogen and oxygen atoms in total. The van der Waals surface area contributed by atoms with Crippen molar-refractivity contribution in [2.24, 2.45) is 0 Å². The molecule has 35 heavy (non-hydrogen) atoms. The molecule has 0 aliphatic carbocycles. The zero-order valence-corrected chi connectivity index (χ0v) is 18.5. The van der Waals surface area contributed by atoms with E-state index in [2.05, 4.69) is 0 Å². The molecule has 0 aliphatic heterocycles. The lowest BCUT2D eigenvalue weighted by Crippen LogP contribution is -2.06. The molecule has 0 aliphatic rings. The quantitative estimate of drug-likeness (QED) is 0.256. The Morgan fingerprint density at radius 2 is 1.26 bits per heavy atom. The van der Waals surface area contributed by atoms with E-state index in [0.29, 0.717) is 28.2 Å². The Bertz CT molecular complexity index is 1450. The summed E-state index contributed by atoms with van der Waals surface area (Å²) in [5.74, 6) is 0.311. The summed E-state index contributed by atoms with van der Waals surface area (Å²) in [6, 6.07) is 30.9. The zero-order valence-electron chi connectivity index (χ0n) is 18.5. The number of benzene rings is 4. The Labute approximate surface area is 202 Å². The van der Waals surface area contributed by atoms with Gasteiger partial charge in [-0.25, -0.2) is 4.79 Å². The molecule has 0 amide bonds. The van der Waals surface area contributed by atoms with Crippen molar-refractivity contribution in [3.8, 4) is 23.6 Å². The van der Waals surface area contributed by atoms with Crippen molar-refractivity contribution in [3.63, 3.8) is 0 Å². The van der Waals surface area contributed by atoms with E-state index in [-0.39, 0.29) is 23.5 Å². The maximum absolute atomic E-state index is 12.5. The monoisotopic (exact) mass is 458 g/mol. The number of hydrogen-bond donors (Lipinski definition) is 0. The summed E-state index contributed by atoms with van der Waals surface area (Å²) in [5, 5.41) is 18.1. The maximum atomic E-state index is 12.5. The minimum absolute atomic E-state index is 0.0682. The van der Waals surface area contributed by atoms with Gasteiger partial charge in [-0.15, -0.1) is 0 Å². The molecule has 168 valence electrons. The van der Waals surface area contributed by atoms with E-state index < -0.39 is 5.97 Å². The molecular weight excluding hydrogens is 440 g/mol. The van der Waals surface area contributed by atoms with E-state index in [1.165, 1.54) is 12.1 Å². The second kappa shape index (κ2) is 10.6. The van der Waals surface area contributed by atoms with Crippen LogP contribution in [0.5, 0.6) is 11.5 Å². The molecule has 0 fully saturated rings. The molecule has 4 aromatic carbocycles. The fourth-order valence-corrected chi connectivity index (χ4v) is 3.31. The van der Waals surface area contributed by atoms with E-state index in [4.69, 9.17) is 20.0 Å². The lowest BCUT2D eigenvalue weighted by atomic mass is 10.0. The summed E-state index contributed by atoms with van der Waals surface area (Å²) in [6.45, 7) is 0.0685. The number of carbonyl (C=O) groups is 2. The second-order valence-electron chi connectivity index (χ2n) is 7.53. The van der Waals surface area contributed by atoms with Crippen molar-refractivity contribution in [1.29, 1.82) is 10.5 Å². The summed E-state index contributed by atoms with van der Waals surface area (Å²) < 4.78 is 11.1. The van der Waals surface area contributed by atoms with Crippen LogP contribution in [0, 0.1) is 22.7 Å². The van der Waals surface area contributed by atoms with Gasteiger partial charge in [-0.2, -0.15) is 10.5 Å². The van der Waals surface area contributed by atoms with Gasteiger partial charge in [0, 0.05) is 11.1 Å². The number of ether oxygens (including phenoxy) is 2. The second-order valence-corrected chi connectivity index (χ2v) is 7.53. The number of ketones is 1. The highest BCUT2D eigenvalue weighted by Crippen LogP contribution is 2.24. The largest absolute Gasteiger partial charge is 0.457 e. The lowest BCUT2D eigenvalue weighted by Gasteiger charge is -2.08. The predicted molar refractivity (Wildman–Crippen MR) is 128 cm³/mol. The third-order valence-corrected chi connectivity index (χ3v) is 5.18. The zero-order chi connectivity index (χ0) is 24.6. The molecule has 0 heterocycles. The Balaban J connectivity index is 1.34. The molecular formula is C29H18N2O4. The number of nitrogens with zero attached hydrogens (tertiary/aromatic N) is 2. The van der Waals surface area contributed by atoms with Gasteiger partial charge < -0.3 is 9.47 Å². The van der Waals surface area contributed by atoms with E-state index in [1.807, 2.05) is 30.3 Å². The normalized spacial score (nSPS) is 10.0. The van der Waals surface area contributed by atoms with Crippen LogP contribution in [0.15, 0.2) is 97.1 Å². The lowest BCUT2D eigenvalue weighted by molar-refractivity contribution is 0.0472. The minimum atomic E-state index is -0.494. The van der Waals surface area contributed by atoms with Crippen molar-refractivity contribution in [2.45, 2.75) is 6.61 Å². The molecule has 0 bridgehead atoms. The van der Waals surface area contributed by atoms with Crippen LogP contribution in [0.2, 0.25) is 0 Å². The Kier molecular flexibility index (Phi) is 6.97. The molecule has 4 aromatic rings. The van der Waals surface area contributed by atoms with Crippen molar-refractivity contribution in [2.75, 3.05) is 0 Å². The van der Waals surface area contributed by atoms with Crippen LogP contribution in [0.1, 0.15) is 43.0 Å². The third kappa shape index (κ3) is 5.60. The molecule has 0 atom stereocenters. The molecule has 0 saturated carbocycles. The van der Waals surface area contributed by atoms with Gasteiger partial charge in [0.15, 0.2) is 5.78 Å². The topological polar surface area (TPSA) is 100 Å². The molecule has 0 spiro atoms. The number of carbonyl (C=O) groups excluding carboxylic acids is 2. The minimum Gasteiger partial charge on any atom is -0.457 e. The Morgan fingerprint density at radius 3 is 1.91 bits per heavy atom. The highest BCUT2D eigenvalue weighted by molar-refractivity contribution is 6.08. The summed E-state index contributed by atoms with van der Waals surface area (Å²) in [4.78, 5) is 24.9. The molecule has 4 rings (SSSR count). The first kappa shape index (κ1) is 23.0. The highest BCUT2D eigenvalue weighted by atomic mass is 16.5. The van der Waals surface area contributed by atoms with Crippen LogP contribution in [-0.4, -0.2) is 11.8 Å². The molecule has 6 heteroatoms. The van der Waals surface area contributed by atoms with Crippen LogP contribution in [-0.2, 0) is 11.3 Å². The standard InChI is InChI=1S/C29H18N2O4/c30-17-24-12-15-27(16-25(24)18-31)35-26-13-10-23(11-14-26)29(33)34-19-20-6-8-22(9-7-20)28(32)21-4-2-1-3-5-21/h1-16H,19H2. The smallest absolute Gasteiger partial charge is 0.338 e. The average Bonchev–Trinajstić information content (AvgIpc) is 2.92. The van der Waals surface area contributed by atoms with E-state index in [0.717, 1.165) is 5.56 Å². The third-order valence-electron chi connectivity index (χ3n) is 5.18. The summed E-state index contributed by atoms with van der Waals surface area (Å²) in [6.07, 6.45) is 0. The SMILES string of the molecule is N#Cc1ccc(Oc2ccc(C(=O)OCc3ccc(C(=O)c4ccccc4)cc3)cc2)cc1C#N. The number of nitriles is 2. The van der Waals surface area contributed by atoms with Crippen molar-refractivity contribution in [1.82, 2.24) is 0 Å². The van der Waals surface area contributed by atoms with Crippen molar-refractivity contribution < 1.29 is 19.1 Å². The van der Waals surface area contributed by atoms with Gasteiger partial charge in [-0.3, -0.25) is 4.79 Å². The maximum Gasteiger partial charge on any atom is 0.338 e. The van der Waals surface area contributed by atoms with Crippen LogP contribution in [0.3, 0.4) is 0 Å². The first-order valence-electron chi connectivity index (χ1n) is 10.7. The first-order valence-corrected chi connectivity index (χ1v) is 10.7. The van der Waals surface area contributed by atoms with Gasteiger partial charge in [0.25, 0.3) is 0 Å². The van der Waals surface area contributed by atoms with Crippen LogP contribution < -0.4 is 4.74 Å². The van der Waals surface area contributed by atoms with Crippen LogP contribution >= 0.6 is 0 Å².